The van der Waals surface area contributed by atoms with Crippen LogP contribution in [-0.4, -0.2) is 6.54 Å². The van der Waals surface area contributed by atoms with E-state index in [0.717, 1.165) is 22.5 Å². The molecule has 1 nitrogen and oxygen atoms in total. The number of hydrogen-bond acceptors (Lipinski definition) is 1. The van der Waals surface area contributed by atoms with Crippen LogP contribution in [0, 0.1) is 5.92 Å². The lowest BCUT2D eigenvalue weighted by Gasteiger charge is -2.23. The first-order valence-corrected chi connectivity index (χ1v) is 7.43. The van der Waals surface area contributed by atoms with E-state index in [4.69, 9.17) is 11.6 Å². The van der Waals surface area contributed by atoms with Gasteiger partial charge in [0.2, 0.25) is 0 Å². The Hall–Kier alpha value is -0.0500. The van der Waals surface area contributed by atoms with E-state index >= 15 is 0 Å². The summed E-state index contributed by atoms with van der Waals surface area (Å²) in [5.74, 6) is 0.713. The molecular weight excluding hydrogens is 298 g/mol. The third-order valence-electron chi connectivity index (χ3n) is 3.12. The molecule has 0 aliphatic carbocycles. The molecule has 0 aliphatic rings. The van der Waals surface area contributed by atoms with E-state index in [1.807, 2.05) is 12.1 Å². The molecule has 1 N–H and O–H groups in total. The van der Waals surface area contributed by atoms with Gasteiger partial charge in [0.05, 0.1) is 0 Å². The molecule has 1 rings (SSSR count). The molecular formula is C14H21BrClN. The van der Waals surface area contributed by atoms with Crippen molar-refractivity contribution in [1.82, 2.24) is 5.32 Å². The van der Waals surface area contributed by atoms with Crippen LogP contribution in [0.2, 0.25) is 5.02 Å². The standard InChI is InChI=1S/C14H21BrClN/c1-4-10(3)8-14(17-5-2)12-9-11(16)6-7-13(12)15/h6-7,9-10,14,17H,4-5,8H2,1-3H3. The third kappa shape index (κ3) is 4.61. The highest BCUT2D eigenvalue weighted by Crippen LogP contribution is 2.31. The minimum atomic E-state index is 0.378. The van der Waals surface area contributed by atoms with E-state index in [1.165, 1.54) is 12.0 Å². The Morgan fingerprint density at radius 1 is 1.35 bits per heavy atom. The minimum absolute atomic E-state index is 0.378. The summed E-state index contributed by atoms with van der Waals surface area (Å²) in [5.41, 5.74) is 1.26. The van der Waals surface area contributed by atoms with Crippen molar-refractivity contribution in [2.45, 2.75) is 39.7 Å². The zero-order valence-electron chi connectivity index (χ0n) is 10.8. The molecule has 17 heavy (non-hydrogen) atoms. The Kier molecular flexibility index (Phi) is 6.53. The molecule has 0 amide bonds. The molecule has 0 fully saturated rings. The molecule has 0 bridgehead atoms. The fourth-order valence-electron chi connectivity index (χ4n) is 1.92. The van der Waals surface area contributed by atoms with Gasteiger partial charge in [0.25, 0.3) is 0 Å². The predicted molar refractivity (Wildman–Crippen MR) is 79.6 cm³/mol. The van der Waals surface area contributed by atoms with E-state index in [1.54, 1.807) is 0 Å². The summed E-state index contributed by atoms with van der Waals surface area (Å²) in [6, 6.07) is 6.38. The average Bonchev–Trinajstić information content (AvgIpc) is 2.31. The summed E-state index contributed by atoms with van der Waals surface area (Å²) in [6.45, 7) is 7.64. The number of nitrogens with one attached hydrogen (secondary N) is 1. The summed E-state index contributed by atoms with van der Waals surface area (Å²) in [6.07, 6.45) is 2.35. The SMILES string of the molecule is CCNC(CC(C)CC)c1cc(Cl)ccc1Br. The summed E-state index contributed by atoms with van der Waals surface area (Å²) in [4.78, 5) is 0. The first-order valence-electron chi connectivity index (χ1n) is 6.26. The minimum Gasteiger partial charge on any atom is -0.310 e. The Bertz CT molecular complexity index is 354. The zero-order valence-corrected chi connectivity index (χ0v) is 13.1. The van der Waals surface area contributed by atoms with Crippen LogP contribution in [0.4, 0.5) is 0 Å². The molecule has 0 aromatic heterocycles. The molecule has 0 saturated heterocycles. The molecule has 0 radical (unpaired) electrons. The molecule has 3 heteroatoms. The molecule has 1 aromatic carbocycles. The first kappa shape index (κ1) is 15.0. The van der Waals surface area contributed by atoms with Crippen LogP contribution in [0.3, 0.4) is 0 Å². The summed E-state index contributed by atoms with van der Waals surface area (Å²) in [7, 11) is 0. The molecule has 0 saturated carbocycles. The van der Waals surface area contributed by atoms with Gasteiger partial charge in [-0.2, -0.15) is 0 Å². The summed E-state index contributed by atoms with van der Waals surface area (Å²) < 4.78 is 1.14. The van der Waals surface area contributed by atoms with Crippen LogP contribution in [0.1, 0.15) is 45.2 Å². The second-order valence-corrected chi connectivity index (χ2v) is 5.82. The second kappa shape index (κ2) is 7.40. The van der Waals surface area contributed by atoms with Crippen LogP contribution in [0.15, 0.2) is 22.7 Å². The van der Waals surface area contributed by atoms with Crippen LogP contribution in [-0.2, 0) is 0 Å². The van der Waals surface area contributed by atoms with Crippen molar-refractivity contribution in [3.8, 4) is 0 Å². The highest BCUT2D eigenvalue weighted by Gasteiger charge is 2.16. The van der Waals surface area contributed by atoms with Crippen LogP contribution < -0.4 is 5.32 Å². The quantitative estimate of drug-likeness (QED) is 0.761. The molecule has 0 spiro atoms. The van der Waals surface area contributed by atoms with E-state index in [9.17, 15) is 0 Å². The van der Waals surface area contributed by atoms with Crippen molar-refractivity contribution >= 4 is 27.5 Å². The highest BCUT2D eigenvalue weighted by atomic mass is 79.9. The zero-order chi connectivity index (χ0) is 12.8. The Morgan fingerprint density at radius 3 is 2.65 bits per heavy atom. The van der Waals surface area contributed by atoms with Gasteiger partial charge in [-0.05, 0) is 42.6 Å². The maximum Gasteiger partial charge on any atom is 0.0410 e. The Balaban J connectivity index is 2.91. The van der Waals surface area contributed by atoms with Crippen molar-refractivity contribution in [2.75, 3.05) is 6.54 Å². The smallest absolute Gasteiger partial charge is 0.0410 e. The van der Waals surface area contributed by atoms with E-state index in [2.05, 4.69) is 48.1 Å². The number of halogens is 2. The van der Waals surface area contributed by atoms with E-state index < -0.39 is 0 Å². The molecule has 1 aromatic rings. The number of hydrogen-bond donors (Lipinski definition) is 1. The van der Waals surface area contributed by atoms with Crippen molar-refractivity contribution in [1.29, 1.82) is 0 Å². The lowest BCUT2D eigenvalue weighted by molar-refractivity contribution is 0.407. The molecule has 0 heterocycles. The van der Waals surface area contributed by atoms with Gasteiger partial charge in [0.15, 0.2) is 0 Å². The Morgan fingerprint density at radius 2 is 2.06 bits per heavy atom. The predicted octanol–water partition coefficient (Wildman–Crippen LogP) is 5.19. The highest BCUT2D eigenvalue weighted by molar-refractivity contribution is 9.10. The van der Waals surface area contributed by atoms with Gasteiger partial charge in [-0.3, -0.25) is 0 Å². The van der Waals surface area contributed by atoms with Gasteiger partial charge in [-0.1, -0.05) is 54.7 Å². The van der Waals surface area contributed by atoms with Crippen molar-refractivity contribution in [3.05, 3.63) is 33.3 Å². The van der Waals surface area contributed by atoms with Gasteiger partial charge in [-0.25, -0.2) is 0 Å². The number of benzene rings is 1. The third-order valence-corrected chi connectivity index (χ3v) is 4.08. The normalized spacial score (nSPS) is 14.6. The topological polar surface area (TPSA) is 12.0 Å². The maximum atomic E-state index is 6.08. The molecule has 2 unspecified atom stereocenters. The average molecular weight is 319 g/mol. The molecule has 0 aliphatic heterocycles. The molecule has 2 atom stereocenters. The monoisotopic (exact) mass is 317 g/mol. The number of rotatable bonds is 6. The van der Waals surface area contributed by atoms with Crippen LogP contribution >= 0.6 is 27.5 Å². The summed E-state index contributed by atoms with van der Waals surface area (Å²) in [5, 5.41) is 4.34. The van der Waals surface area contributed by atoms with Gasteiger partial charge in [0, 0.05) is 15.5 Å². The fourth-order valence-corrected chi connectivity index (χ4v) is 2.62. The van der Waals surface area contributed by atoms with E-state index in [0.29, 0.717) is 12.0 Å². The van der Waals surface area contributed by atoms with Crippen LogP contribution in [0.25, 0.3) is 0 Å². The van der Waals surface area contributed by atoms with Crippen molar-refractivity contribution < 1.29 is 0 Å². The van der Waals surface area contributed by atoms with Gasteiger partial charge >= 0.3 is 0 Å². The van der Waals surface area contributed by atoms with Gasteiger partial charge in [0.1, 0.15) is 0 Å². The van der Waals surface area contributed by atoms with Gasteiger partial charge in [-0.15, -0.1) is 0 Å². The van der Waals surface area contributed by atoms with E-state index in [-0.39, 0.29) is 0 Å². The lowest BCUT2D eigenvalue weighted by Crippen LogP contribution is -2.23. The lowest BCUT2D eigenvalue weighted by atomic mass is 9.94. The summed E-state index contributed by atoms with van der Waals surface area (Å²) >= 11 is 9.70. The second-order valence-electron chi connectivity index (χ2n) is 4.53. The molecule has 96 valence electrons. The van der Waals surface area contributed by atoms with Crippen molar-refractivity contribution in [2.24, 2.45) is 5.92 Å². The van der Waals surface area contributed by atoms with Gasteiger partial charge < -0.3 is 5.32 Å². The fraction of sp³-hybridized carbons (Fsp3) is 0.571. The largest absolute Gasteiger partial charge is 0.310 e. The maximum absolute atomic E-state index is 6.08. The van der Waals surface area contributed by atoms with Crippen molar-refractivity contribution in [3.63, 3.8) is 0 Å². The van der Waals surface area contributed by atoms with Crippen LogP contribution in [0.5, 0.6) is 0 Å². The first-order chi connectivity index (χ1) is 8.08. The Labute approximate surface area is 118 Å².